The summed E-state index contributed by atoms with van der Waals surface area (Å²) in [6, 6.07) is 0. The number of unbranched alkanes of at least 4 members (excludes halogenated alkanes) is 2. The van der Waals surface area contributed by atoms with Gasteiger partial charge in [-0.15, -0.1) is 0 Å². The van der Waals surface area contributed by atoms with Crippen LogP contribution in [0.15, 0.2) is 0 Å². The van der Waals surface area contributed by atoms with Gasteiger partial charge in [-0.05, 0) is 44.4 Å². The molecule has 0 atom stereocenters. The van der Waals surface area contributed by atoms with E-state index in [1.54, 1.807) is 0 Å². The summed E-state index contributed by atoms with van der Waals surface area (Å²) in [4.78, 5) is 10.8. The molecule has 3 nitrogen and oxygen atoms in total. The molecule has 0 aromatic heterocycles. The molecule has 0 radical (unpaired) electrons. The van der Waals surface area contributed by atoms with E-state index in [4.69, 9.17) is 0 Å². The van der Waals surface area contributed by atoms with Crippen molar-refractivity contribution in [3.05, 3.63) is 0 Å². The fourth-order valence-corrected chi connectivity index (χ4v) is 1.75. The van der Waals surface area contributed by atoms with Gasteiger partial charge in [0.1, 0.15) is 0 Å². The van der Waals surface area contributed by atoms with Gasteiger partial charge in [0, 0.05) is 6.42 Å². The zero-order chi connectivity index (χ0) is 11.4. The van der Waals surface area contributed by atoms with E-state index in [0.29, 0.717) is 6.42 Å². The predicted octanol–water partition coefficient (Wildman–Crippen LogP) is 2.06. The summed E-state index contributed by atoms with van der Waals surface area (Å²) < 4.78 is 4.55. The first kappa shape index (κ1) is 14.8. The number of ether oxygens (including phenoxy) is 1. The molecule has 0 aliphatic heterocycles. The molecule has 90 valence electrons. The number of hydrogen-bond acceptors (Lipinski definition) is 4. The molecule has 0 aliphatic carbocycles. The second-order valence-electron chi connectivity index (χ2n) is 3.48. The molecule has 0 aliphatic rings. The standard InChI is InChI=1S/C11H23NO2S/c1-14-11(13)7-6-9-12-8-4-3-5-10-15-2/h12H,3-10H2,1-2H3. The smallest absolute Gasteiger partial charge is 0.305 e. The fourth-order valence-electron chi connectivity index (χ4n) is 1.26. The zero-order valence-electron chi connectivity index (χ0n) is 9.88. The molecule has 0 aromatic rings. The predicted molar refractivity (Wildman–Crippen MR) is 66.4 cm³/mol. The van der Waals surface area contributed by atoms with Gasteiger partial charge in [-0.25, -0.2) is 0 Å². The average molecular weight is 233 g/mol. The molecule has 15 heavy (non-hydrogen) atoms. The highest BCUT2D eigenvalue weighted by molar-refractivity contribution is 7.98. The fraction of sp³-hybridized carbons (Fsp3) is 0.909. The van der Waals surface area contributed by atoms with Crippen molar-refractivity contribution in [1.82, 2.24) is 5.32 Å². The lowest BCUT2D eigenvalue weighted by molar-refractivity contribution is -0.140. The van der Waals surface area contributed by atoms with Crippen LogP contribution in [0.3, 0.4) is 0 Å². The highest BCUT2D eigenvalue weighted by atomic mass is 32.2. The third kappa shape index (κ3) is 11.7. The minimum Gasteiger partial charge on any atom is -0.469 e. The normalized spacial score (nSPS) is 10.3. The van der Waals surface area contributed by atoms with Gasteiger partial charge in [-0.2, -0.15) is 11.8 Å². The highest BCUT2D eigenvalue weighted by Gasteiger charge is 1.98. The Morgan fingerprint density at radius 3 is 2.60 bits per heavy atom. The molecule has 0 saturated heterocycles. The van der Waals surface area contributed by atoms with Crippen LogP contribution in [0.5, 0.6) is 0 Å². The van der Waals surface area contributed by atoms with Gasteiger partial charge in [-0.1, -0.05) is 6.42 Å². The van der Waals surface area contributed by atoms with Crippen LogP contribution in [0.4, 0.5) is 0 Å². The van der Waals surface area contributed by atoms with Gasteiger partial charge in [0.05, 0.1) is 7.11 Å². The molecular weight excluding hydrogens is 210 g/mol. The zero-order valence-corrected chi connectivity index (χ0v) is 10.7. The van der Waals surface area contributed by atoms with Crippen molar-refractivity contribution >= 4 is 17.7 Å². The Bertz CT molecular complexity index is 154. The SMILES string of the molecule is COC(=O)CCCNCCCCCSC. The number of hydrogen-bond donors (Lipinski definition) is 1. The van der Waals surface area contributed by atoms with Gasteiger partial charge in [-0.3, -0.25) is 4.79 Å². The van der Waals surface area contributed by atoms with Crippen molar-refractivity contribution in [2.75, 3.05) is 32.2 Å². The first-order valence-corrected chi connectivity index (χ1v) is 6.97. The summed E-state index contributed by atoms with van der Waals surface area (Å²) in [5.41, 5.74) is 0. The van der Waals surface area contributed by atoms with Crippen molar-refractivity contribution in [1.29, 1.82) is 0 Å². The van der Waals surface area contributed by atoms with E-state index in [2.05, 4.69) is 16.3 Å². The Kier molecular flexibility index (Phi) is 11.7. The summed E-state index contributed by atoms with van der Waals surface area (Å²) in [6.45, 7) is 1.98. The Labute approximate surface area is 97.3 Å². The van der Waals surface area contributed by atoms with Crippen LogP contribution in [0, 0.1) is 0 Å². The lowest BCUT2D eigenvalue weighted by atomic mass is 10.2. The molecule has 0 fully saturated rings. The third-order valence-corrected chi connectivity index (χ3v) is 2.86. The van der Waals surface area contributed by atoms with Crippen LogP contribution in [-0.2, 0) is 9.53 Å². The monoisotopic (exact) mass is 233 g/mol. The van der Waals surface area contributed by atoms with Crippen molar-refractivity contribution in [2.45, 2.75) is 32.1 Å². The second kappa shape index (κ2) is 11.9. The molecule has 0 amide bonds. The number of rotatable bonds is 10. The third-order valence-electron chi connectivity index (χ3n) is 2.16. The van der Waals surface area contributed by atoms with E-state index in [1.165, 1.54) is 32.1 Å². The quantitative estimate of drug-likeness (QED) is 0.463. The van der Waals surface area contributed by atoms with Crippen molar-refractivity contribution in [3.8, 4) is 0 Å². The number of carbonyl (C=O) groups is 1. The summed E-state index contributed by atoms with van der Waals surface area (Å²) in [6.07, 6.45) is 7.38. The summed E-state index contributed by atoms with van der Waals surface area (Å²) in [7, 11) is 1.43. The number of nitrogens with one attached hydrogen (secondary N) is 1. The largest absolute Gasteiger partial charge is 0.469 e. The Morgan fingerprint density at radius 1 is 1.20 bits per heavy atom. The maximum absolute atomic E-state index is 10.8. The minimum absolute atomic E-state index is 0.114. The molecule has 0 bridgehead atoms. The van der Waals surface area contributed by atoms with Crippen LogP contribution in [0.2, 0.25) is 0 Å². The van der Waals surface area contributed by atoms with E-state index in [1.807, 2.05) is 11.8 Å². The second-order valence-corrected chi connectivity index (χ2v) is 4.47. The van der Waals surface area contributed by atoms with Gasteiger partial charge in [0.2, 0.25) is 0 Å². The minimum atomic E-state index is -0.114. The highest BCUT2D eigenvalue weighted by Crippen LogP contribution is 2.01. The number of carbonyl (C=O) groups excluding carboxylic acids is 1. The first-order chi connectivity index (χ1) is 7.31. The molecule has 0 saturated carbocycles. The molecule has 4 heteroatoms. The van der Waals surface area contributed by atoms with Gasteiger partial charge in [0.25, 0.3) is 0 Å². The Balaban J connectivity index is 2.95. The Morgan fingerprint density at radius 2 is 1.93 bits per heavy atom. The molecule has 0 unspecified atom stereocenters. The molecule has 1 N–H and O–H groups in total. The molecule has 0 rings (SSSR count). The Hall–Kier alpha value is -0.220. The van der Waals surface area contributed by atoms with Crippen LogP contribution in [0.25, 0.3) is 0 Å². The van der Waals surface area contributed by atoms with Crippen molar-refractivity contribution in [2.24, 2.45) is 0 Å². The van der Waals surface area contributed by atoms with Crippen LogP contribution in [0.1, 0.15) is 32.1 Å². The van der Waals surface area contributed by atoms with Crippen LogP contribution in [-0.4, -0.2) is 38.2 Å². The lowest BCUT2D eigenvalue weighted by Gasteiger charge is -2.03. The van der Waals surface area contributed by atoms with Gasteiger partial charge in [0.15, 0.2) is 0 Å². The molecule has 0 spiro atoms. The maximum atomic E-state index is 10.8. The first-order valence-electron chi connectivity index (χ1n) is 5.57. The van der Waals surface area contributed by atoms with E-state index in [9.17, 15) is 4.79 Å². The van der Waals surface area contributed by atoms with Gasteiger partial charge < -0.3 is 10.1 Å². The molecular formula is C11H23NO2S. The van der Waals surface area contributed by atoms with E-state index in [-0.39, 0.29) is 5.97 Å². The van der Waals surface area contributed by atoms with E-state index < -0.39 is 0 Å². The van der Waals surface area contributed by atoms with Crippen molar-refractivity contribution in [3.63, 3.8) is 0 Å². The van der Waals surface area contributed by atoms with Crippen LogP contribution >= 0.6 is 11.8 Å². The van der Waals surface area contributed by atoms with Crippen molar-refractivity contribution < 1.29 is 9.53 Å². The molecule has 0 aromatic carbocycles. The summed E-state index contributed by atoms with van der Waals surface area (Å²) in [5, 5.41) is 3.33. The maximum Gasteiger partial charge on any atom is 0.305 e. The van der Waals surface area contributed by atoms with E-state index in [0.717, 1.165) is 19.5 Å². The number of esters is 1. The lowest BCUT2D eigenvalue weighted by Crippen LogP contribution is -2.17. The van der Waals surface area contributed by atoms with E-state index >= 15 is 0 Å². The summed E-state index contributed by atoms with van der Waals surface area (Å²) in [5.74, 6) is 1.15. The topological polar surface area (TPSA) is 38.3 Å². The molecule has 0 heterocycles. The van der Waals surface area contributed by atoms with Gasteiger partial charge >= 0.3 is 5.97 Å². The van der Waals surface area contributed by atoms with Crippen LogP contribution < -0.4 is 5.32 Å². The number of methoxy groups -OCH3 is 1. The average Bonchev–Trinajstić information content (AvgIpc) is 2.26. The summed E-state index contributed by atoms with van der Waals surface area (Å²) >= 11 is 1.91. The number of thioether (sulfide) groups is 1.